The highest BCUT2D eigenvalue weighted by Gasteiger charge is 2.30. The van der Waals surface area contributed by atoms with Gasteiger partial charge in [0.15, 0.2) is 6.61 Å². The molecule has 0 aliphatic carbocycles. The van der Waals surface area contributed by atoms with E-state index in [-0.39, 0.29) is 22.9 Å². The summed E-state index contributed by atoms with van der Waals surface area (Å²) in [5, 5.41) is 2.45. The van der Waals surface area contributed by atoms with Gasteiger partial charge in [0, 0.05) is 0 Å². The Labute approximate surface area is 195 Å². The Kier molecular flexibility index (Phi) is 7.68. The van der Waals surface area contributed by atoms with E-state index in [4.69, 9.17) is 9.15 Å². The van der Waals surface area contributed by atoms with E-state index in [1.165, 1.54) is 30.5 Å². The molecule has 0 atom stereocenters. The van der Waals surface area contributed by atoms with Crippen LogP contribution in [0.5, 0.6) is 5.75 Å². The van der Waals surface area contributed by atoms with E-state index in [0.29, 0.717) is 11.3 Å². The molecule has 3 aromatic rings. The van der Waals surface area contributed by atoms with Gasteiger partial charge < -0.3 is 14.5 Å². The lowest BCUT2D eigenvalue weighted by Crippen LogP contribution is -2.37. The lowest BCUT2D eigenvalue weighted by Gasteiger charge is -2.21. The van der Waals surface area contributed by atoms with Gasteiger partial charge in [0.05, 0.1) is 29.9 Å². The van der Waals surface area contributed by atoms with Gasteiger partial charge in [0.1, 0.15) is 11.5 Å². The number of ether oxygens (including phenoxy) is 1. The molecular weight excluding hydrogens is 473 g/mol. The van der Waals surface area contributed by atoms with Crippen molar-refractivity contribution in [3.05, 3.63) is 77.7 Å². The Morgan fingerprint density at radius 1 is 1.06 bits per heavy atom. The summed E-state index contributed by atoms with van der Waals surface area (Å²) in [5.74, 6) is -0.624. The van der Waals surface area contributed by atoms with Crippen molar-refractivity contribution in [3.8, 4) is 5.75 Å². The monoisotopic (exact) mass is 496 g/mol. The molecule has 0 saturated carbocycles. The van der Waals surface area contributed by atoms with E-state index in [0.717, 1.165) is 9.87 Å². The van der Waals surface area contributed by atoms with Crippen molar-refractivity contribution in [1.29, 1.82) is 0 Å². The molecule has 0 unspecified atom stereocenters. The second kappa shape index (κ2) is 10.3. The molecule has 182 valence electrons. The van der Waals surface area contributed by atoms with Crippen LogP contribution in [0.2, 0.25) is 0 Å². The van der Waals surface area contributed by atoms with Crippen molar-refractivity contribution in [2.75, 3.05) is 18.5 Å². The number of alkyl halides is 3. The first-order valence-corrected chi connectivity index (χ1v) is 11.6. The topological polar surface area (TPSA) is 88.9 Å². The quantitative estimate of drug-likeness (QED) is 0.465. The smallest absolute Gasteiger partial charge is 0.422 e. The van der Waals surface area contributed by atoms with E-state index < -0.39 is 35.3 Å². The highest BCUT2D eigenvalue weighted by Crippen LogP contribution is 2.28. The number of rotatable bonds is 9. The van der Waals surface area contributed by atoms with Crippen LogP contribution in [-0.4, -0.2) is 38.0 Å². The predicted molar refractivity (Wildman–Crippen MR) is 119 cm³/mol. The maximum absolute atomic E-state index is 13.2. The van der Waals surface area contributed by atoms with E-state index in [2.05, 4.69) is 5.32 Å². The zero-order valence-corrected chi connectivity index (χ0v) is 19.2. The highest BCUT2D eigenvalue weighted by atomic mass is 32.2. The second-order valence-corrected chi connectivity index (χ2v) is 9.56. The van der Waals surface area contributed by atoms with Gasteiger partial charge in [0.25, 0.3) is 0 Å². The fraction of sp³-hybridized carbons (Fsp3) is 0.261. The van der Waals surface area contributed by atoms with E-state index >= 15 is 0 Å². The standard InChI is InChI=1S/C23H23F3N2O5S/c1-16-5-8-19(9-6-16)34(30,31)28(13-18-4-3-11-32-18)14-22(29)27-20-10-7-17(2)12-21(20)33-15-23(24,25)26/h3-12H,13-15H2,1-2H3,(H,27,29). The second-order valence-electron chi connectivity index (χ2n) is 7.62. The maximum Gasteiger partial charge on any atom is 0.422 e. The van der Waals surface area contributed by atoms with E-state index in [1.807, 2.05) is 6.92 Å². The molecule has 1 N–H and O–H groups in total. The van der Waals surface area contributed by atoms with Crippen LogP contribution in [0.3, 0.4) is 0 Å². The summed E-state index contributed by atoms with van der Waals surface area (Å²) in [7, 11) is -4.10. The van der Waals surface area contributed by atoms with Crippen LogP contribution in [0.4, 0.5) is 18.9 Å². The van der Waals surface area contributed by atoms with Gasteiger partial charge in [-0.05, 0) is 55.8 Å². The summed E-state index contributed by atoms with van der Waals surface area (Å²) in [4.78, 5) is 12.8. The predicted octanol–water partition coefficient (Wildman–Crippen LogP) is 4.67. The van der Waals surface area contributed by atoms with Gasteiger partial charge in [-0.25, -0.2) is 8.42 Å². The van der Waals surface area contributed by atoms with Gasteiger partial charge in [-0.2, -0.15) is 17.5 Å². The Hall–Kier alpha value is -3.31. The van der Waals surface area contributed by atoms with Crippen LogP contribution in [0, 0.1) is 13.8 Å². The van der Waals surface area contributed by atoms with Crippen LogP contribution < -0.4 is 10.1 Å². The average molecular weight is 497 g/mol. The first-order valence-electron chi connectivity index (χ1n) is 10.1. The molecule has 0 aliphatic rings. The van der Waals surface area contributed by atoms with Crippen LogP contribution in [-0.2, 0) is 21.4 Å². The fourth-order valence-corrected chi connectivity index (χ4v) is 4.39. The minimum Gasteiger partial charge on any atom is -0.482 e. The third-order valence-electron chi connectivity index (χ3n) is 4.69. The molecule has 0 radical (unpaired) electrons. The first kappa shape index (κ1) is 25.3. The SMILES string of the molecule is Cc1ccc(S(=O)(=O)N(CC(=O)Nc2ccc(C)cc2OCC(F)(F)F)Cc2ccco2)cc1. The summed E-state index contributed by atoms with van der Waals surface area (Å²) in [6, 6.07) is 13.6. The molecule has 1 amide bonds. The Morgan fingerprint density at radius 2 is 1.74 bits per heavy atom. The molecule has 1 aromatic heterocycles. The third-order valence-corrected chi connectivity index (χ3v) is 6.50. The molecule has 2 aromatic carbocycles. The number of carbonyl (C=O) groups excluding carboxylic acids is 1. The number of nitrogens with zero attached hydrogens (tertiary/aromatic N) is 1. The number of carbonyl (C=O) groups is 1. The van der Waals surface area contributed by atoms with Crippen molar-refractivity contribution in [3.63, 3.8) is 0 Å². The number of halogens is 3. The largest absolute Gasteiger partial charge is 0.482 e. The van der Waals surface area contributed by atoms with Crippen molar-refractivity contribution in [1.82, 2.24) is 4.31 Å². The molecule has 3 rings (SSSR count). The van der Waals surface area contributed by atoms with Gasteiger partial charge >= 0.3 is 6.18 Å². The number of furan rings is 1. The average Bonchev–Trinajstić information content (AvgIpc) is 3.26. The molecule has 0 fully saturated rings. The summed E-state index contributed by atoms with van der Waals surface area (Å²) >= 11 is 0. The Balaban J connectivity index is 1.83. The van der Waals surface area contributed by atoms with Crippen molar-refractivity contribution in [2.24, 2.45) is 0 Å². The van der Waals surface area contributed by atoms with Crippen LogP contribution >= 0.6 is 0 Å². The van der Waals surface area contributed by atoms with Crippen molar-refractivity contribution < 1.29 is 35.5 Å². The van der Waals surface area contributed by atoms with Crippen molar-refractivity contribution in [2.45, 2.75) is 31.5 Å². The normalized spacial score (nSPS) is 12.1. The van der Waals surface area contributed by atoms with Gasteiger partial charge in [-0.1, -0.05) is 23.8 Å². The molecule has 34 heavy (non-hydrogen) atoms. The van der Waals surface area contributed by atoms with Crippen LogP contribution in [0.25, 0.3) is 0 Å². The number of nitrogens with one attached hydrogen (secondary N) is 1. The fourth-order valence-electron chi connectivity index (χ4n) is 3.02. The lowest BCUT2D eigenvalue weighted by molar-refractivity contribution is -0.153. The zero-order valence-electron chi connectivity index (χ0n) is 18.4. The van der Waals surface area contributed by atoms with Crippen molar-refractivity contribution >= 4 is 21.6 Å². The minimum atomic E-state index is -4.56. The molecular formula is C23H23F3N2O5S. The number of amides is 1. The number of sulfonamides is 1. The molecule has 11 heteroatoms. The van der Waals surface area contributed by atoms with Crippen LogP contribution in [0.1, 0.15) is 16.9 Å². The third kappa shape index (κ3) is 6.84. The Morgan fingerprint density at radius 3 is 2.35 bits per heavy atom. The molecule has 0 bridgehead atoms. The zero-order chi connectivity index (χ0) is 24.9. The number of aryl methyl sites for hydroxylation is 2. The summed E-state index contributed by atoms with van der Waals surface area (Å²) in [6.45, 7) is 1.10. The molecule has 0 saturated heterocycles. The summed E-state index contributed by atoms with van der Waals surface area (Å²) in [5.41, 5.74) is 1.47. The molecule has 1 heterocycles. The van der Waals surface area contributed by atoms with Crippen LogP contribution in [0.15, 0.2) is 70.2 Å². The molecule has 7 nitrogen and oxygen atoms in total. The minimum absolute atomic E-state index is 0.00877. The number of hydrogen-bond acceptors (Lipinski definition) is 5. The van der Waals surface area contributed by atoms with Gasteiger partial charge in [-0.3, -0.25) is 4.79 Å². The first-order chi connectivity index (χ1) is 15.9. The number of hydrogen-bond donors (Lipinski definition) is 1. The molecule has 0 aliphatic heterocycles. The number of anilines is 1. The van der Waals surface area contributed by atoms with E-state index in [1.54, 1.807) is 37.3 Å². The lowest BCUT2D eigenvalue weighted by atomic mass is 10.2. The molecule has 0 spiro atoms. The Bertz CT molecular complexity index is 1220. The summed E-state index contributed by atoms with van der Waals surface area (Å²) < 4.78 is 75.3. The highest BCUT2D eigenvalue weighted by molar-refractivity contribution is 7.89. The summed E-state index contributed by atoms with van der Waals surface area (Å²) in [6.07, 6.45) is -3.18. The maximum atomic E-state index is 13.2. The van der Waals surface area contributed by atoms with Gasteiger partial charge in [-0.15, -0.1) is 0 Å². The number of benzene rings is 2. The van der Waals surface area contributed by atoms with E-state index in [9.17, 15) is 26.4 Å². The van der Waals surface area contributed by atoms with Gasteiger partial charge in [0.2, 0.25) is 15.9 Å².